The van der Waals surface area contributed by atoms with Crippen LogP contribution in [-0.4, -0.2) is 79.0 Å². The van der Waals surface area contributed by atoms with Gasteiger partial charge in [-0.15, -0.1) is 0 Å². The van der Waals surface area contributed by atoms with Crippen LogP contribution < -0.4 is 0 Å². The molecule has 7 nitrogen and oxygen atoms in total. The Labute approximate surface area is 207 Å². The van der Waals surface area contributed by atoms with E-state index in [0.29, 0.717) is 30.6 Å². The molecule has 0 aliphatic carbocycles. The third kappa shape index (κ3) is 4.87. The normalized spacial score (nSPS) is 29.2. The first-order valence-corrected chi connectivity index (χ1v) is 14.4. The van der Waals surface area contributed by atoms with E-state index in [1.165, 1.54) is 32.4 Å². The average Bonchev–Trinajstić information content (AvgIpc) is 2.86. The number of ether oxygens (including phenoxy) is 1. The number of rotatable bonds is 4. The molecule has 2 bridgehead atoms. The van der Waals surface area contributed by atoms with Gasteiger partial charge in [0.05, 0.1) is 10.9 Å². The number of hydrogen-bond donors (Lipinski definition) is 0. The summed E-state index contributed by atoms with van der Waals surface area (Å²) in [5.74, 6) is 0. The third-order valence-electron chi connectivity index (χ3n) is 7.81. The fraction of sp³-hybridized carbons (Fsp3) is 0.640. The second-order valence-corrected chi connectivity index (χ2v) is 12.2. The largest absolute Gasteiger partial charge is 0.440 e. The fourth-order valence-corrected chi connectivity index (χ4v) is 7.95. The van der Waals surface area contributed by atoms with E-state index < -0.39 is 16.1 Å². The molecule has 3 fully saturated rings. The maximum Gasteiger partial charge on any atom is 0.410 e. The molecule has 5 rings (SSSR count). The van der Waals surface area contributed by atoms with Crippen molar-refractivity contribution in [3.05, 3.63) is 41.4 Å². The minimum atomic E-state index is -3.74. The lowest BCUT2D eigenvalue weighted by Crippen LogP contribution is -2.57. The van der Waals surface area contributed by atoms with E-state index in [-0.39, 0.29) is 23.1 Å². The molecule has 4 aliphatic heterocycles. The zero-order chi connectivity index (χ0) is 23.7. The van der Waals surface area contributed by atoms with E-state index in [4.69, 9.17) is 16.3 Å². The molecule has 9 heteroatoms. The van der Waals surface area contributed by atoms with E-state index in [2.05, 4.69) is 4.90 Å². The number of likely N-dealkylation sites (tertiary alicyclic amines) is 2. The molecule has 0 N–H and O–H groups in total. The van der Waals surface area contributed by atoms with Crippen molar-refractivity contribution in [1.29, 1.82) is 0 Å². The van der Waals surface area contributed by atoms with Gasteiger partial charge in [-0.2, -0.15) is 4.31 Å². The number of benzene rings is 1. The number of carbonyl (C=O) groups excluding carboxylic acids is 1. The van der Waals surface area contributed by atoms with Crippen LogP contribution in [0.15, 0.2) is 41.3 Å². The summed E-state index contributed by atoms with van der Waals surface area (Å²) < 4.78 is 34.5. The van der Waals surface area contributed by atoms with Gasteiger partial charge in [0.2, 0.25) is 10.0 Å². The molecule has 0 radical (unpaired) electrons. The predicted octanol–water partition coefficient (Wildman–Crippen LogP) is 4.28. The number of carbonyl (C=O) groups is 1. The summed E-state index contributed by atoms with van der Waals surface area (Å²) in [6.45, 7) is 3.72. The number of nitrogens with zero attached hydrogens (tertiary/aromatic N) is 3. The van der Waals surface area contributed by atoms with E-state index in [1.54, 1.807) is 33.5 Å². The highest BCUT2D eigenvalue weighted by molar-refractivity contribution is 7.89. The standard InChI is InChI=1S/C25H34ClN3O4S/c26-19-7-10-22(11-8-19)34(31,32)29-21-5-4-6-23(29)24(12-9-21)33-25(30)28-17-13-20(14-18-28)27-15-2-1-3-16-27/h7-12,20-21,23-24H,1-6,13-18H2/t21?,23?,24-/m1/s1. The number of sulfonamides is 1. The molecule has 186 valence electrons. The molecule has 1 aromatic carbocycles. The van der Waals surface area contributed by atoms with Crippen LogP contribution in [0.25, 0.3) is 0 Å². The first-order chi connectivity index (χ1) is 16.4. The van der Waals surface area contributed by atoms with E-state index in [9.17, 15) is 13.2 Å². The van der Waals surface area contributed by atoms with Crippen molar-refractivity contribution in [2.24, 2.45) is 0 Å². The van der Waals surface area contributed by atoms with Gasteiger partial charge in [-0.25, -0.2) is 13.2 Å². The van der Waals surface area contributed by atoms with Gasteiger partial charge < -0.3 is 14.5 Å². The molecule has 3 atom stereocenters. The van der Waals surface area contributed by atoms with Gasteiger partial charge in [0, 0.05) is 30.2 Å². The number of hydrogen-bond acceptors (Lipinski definition) is 5. The van der Waals surface area contributed by atoms with Gasteiger partial charge in [0.25, 0.3) is 0 Å². The van der Waals surface area contributed by atoms with Crippen LogP contribution in [-0.2, 0) is 14.8 Å². The lowest BCUT2D eigenvalue weighted by Gasteiger charge is -2.45. The van der Waals surface area contributed by atoms with E-state index in [0.717, 1.165) is 25.7 Å². The molecule has 4 heterocycles. The second kappa shape index (κ2) is 10.2. The van der Waals surface area contributed by atoms with Crippen molar-refractivity contribution in [2.45, 2.75) is 80.5 Å². The molecule has 34 heavy (non-hydrogen) atoms. The molecular weight excluding hydrogens is 474 g/mol. The van der Waals surface area contributed by atoms with Crippen LogP contribution in [0.2, 0.25) is 5.02 Å². The van der Waals surface area contributed by atoms with E-state index >= 15 is 0 Å². The summed E-state index contributed by atoms with van der Waals surface area (Å²) in [5.41, 5.74) is 0. The zero-order valence-electron chi connectivity index (χ0n) is 19.5. The Morgan fingerprint density at radius 2 is 1.59 bits per heavy atom. The predicted molar refractivity (Wildman–Crippen MR) is 131 cm³/mol. The Bertz CT molecular complexity index is 1000. The van der Waals surface area contributed by atoms with Gasteiger partial charge in [-0.3, -0.25) is 0 Å². The Balaban J connectivity index is 1.25. The zero-order valence-corrected chi connectivity index (χ0v) is 21.1. The Morgan fingerprint density at radius 3 is 2.29 bits per heavy atom. The molecule has 1 amide bonds. The number of piperidine rings is 3. The van der Waals surface area contributed by atoms with Crippen LogP contribution in [0.4, 0.5) is 4.79 Å². The van der Waals surface area contributed by atoms with E-state index in [1.807, 2.05) is 12.2 Å². The van der Waals surface area contributed by atoms with Crippen molar-refractivity contribution >= 4 is 27.7 Å². The summed E-state index contributed by atoms with van der Waals surface area (Å²) in [7, 11) is -3.74. The topological polar surface area (TPSA) is 70.2 Å². The minimum Gasteiger partial charge on any atom is -0.440 e. The fourth-order valence-electron chi connectivity index (χ4n) is 5.98. The van der Waals surface area contributed by atoms with Crippen molar-refractivity contribution in [3.63, 3.8) is 0 Å². The van der Waals surface area contributed by atoms with Crippen LogP contribution in [0.5, 0.6) is 0 Å². The summed E-state index contributed by atoms with van der Waals surface area (Å²) in [6.07, 6.45) is 11.0. The van der Waals surface area contributed by atoms with Gasteiger partial charge in [-0.1, -0.05) is 24.1 Å². The monoisotopic (exact) mass is 507 g/mol. The molecule has 0 spiro atoms. The van der Waals surface area contributed by atoms with Crippen LogP contribution in [0.3, 0.4) is 0 Å². The summed E-state index contributed by atoms with van der Waals surface area (Å²) in [4.78, 5) is 17.6. The Kier molecular flexibility index (Phi) is 7.21. The van der Waals surface area contributed by atoms with Crippen LogP contribution in [0, 0.1) is 0 Å². The molecular formula is C25H34ClN3O4S. The Hall–Kier alpha value is -1.61. The highest BCUT2D eigenvalue weighted by Crippen LogP contribution is 2.36. The van der Waals surface area contributed by atoms with Gasteiger partial charge in [-0.05, 0) is 88.4 Å². The highest BCUT2D eigenvalue weighted by atomic mass is 35.5. The number of fused-ring (bicyclic) bond motifs is 2. The molecule has 1 aromatic rings. The molecule has 2 unspecified atom stereocenters. The van der Waals surface area contributed by atoms with Crippen LogP contribution >= 0.6 is 11.6 Å². The molecule has 4 aliphatic rings. The van der Waals surface area contributed by atoms with Crippen molar-refractivity contribution in [3.8, 4) is 0 Å². The lowest BCUT2D eigenvalue weighted by atomic mass is 9.90. The Morgan fingerprint density at radius 1 is 0.882 bits per heavy atom. The molecule has 0 saturated carbocycles. The van der Waals surface area contributed by atoms with Gasteiger partial charge in [0.1, 0.15) is 6.10 Å². The quantitative estimate of drug-likeness (QED) is 0.569. The first kappa shape index (κ1) is 24.1. The summed E-state index contributed by atoms with van der Waals surface area (Å²) in [5, 5.41) is 0.494. The molecule has 0 aromatic heterocycles. The highest BCUT2D eigenvalue weighted by Gasteiger charge is 2.46. The van der Waals surface area contributed by atoms with Crippen molar-refractivity contribution < 1.29 is 17.9 Å². The third-order valence-corrected chi connectivity index (χ3v) is 10.0. The van der Waals surface area contributed by atoms with Crippen molar-refractivity contribution in [1.82, 2.24) is 14.1 Å². The van der Waals surface area contributed by atoms with Gasteiger partial charge in [0.15, 0.2) is 0 Å². The van der Waals surface area contributed by atoms with Crippen LogP contribution in [0.1, 0.15) is 51.4 Å². The summed E-state index contributed by atoms with van der Waals surface area (Å²) >= 11 is 5.97. The SMILES string of the molecule is O=C(O[C@@H]1C=CC2CCCC1N2S(=O)(=O)c1ccc(Cl)cc1)N1CCC(N2CCCCC2)CC1. The summed E-state index contributed by atoms with van der Waals surface area (Å²) in [6, 6.07) is 6.22. The molecule has 3 saturated heterocycles. The minimum absolute atomic E-state index is 0.213. The average molecular weight is 508 g/mol. The smallest absolute Gasteiger partial charge is 0.410 e. The first-order valence-electron chi connectivity index (χ1n) is 12.6. The lowest BCUT2D eigenvalue weighted by molar-refractivity contribution is 0.0176. The number of halogens is 1. The number of amides is 1. The second-order valence-electron chi connectivity index (χ2n) is 9.90. The maximum absolute atomic E-state index is 13.5. The van der Waals surface area contributed by atoms with Crippen molar-refractivity contribution in [2.75, 3.05) is 26.2 Å². The van der Waals surface area contributed by atoms with Gasteiger partial charge >= 0.3 is 6.09 Å². The maximum atomic E-state index is 13.5.